The van der Waals surface area contributed by atoms with Gasteiger partial charge in [0.25, 0.3) is 0 Å². The number of aromatic nitrogens is 1. The van der Waals surface area contributed by atoms with Crippen molar-refractivity contribution in [1.82, 2.24) is 9.88 Å². The maximum Gasteiger partial charge on any atom is 0.337 e. The van der Waals surface area contributed by atoms with Gasteiger partial charge in [0.05, 0.1) is 29.9 Å². The summed E-state index contributed by atoms with van der Waals surface area (Å²) in [4.78, 5) is 18.2. The van der Waals surface area contributed by atoms with Crippen molar-refractivity contribution in [3.63, 3.8) is 0 Å². The van der Waals surface area contributed by atoms with Crippen LogP contribution in [0.15, 0.2) is 41.3 Å². The zero-order valence-corrected chi connectivity index (χ0v) is 16.9. The molecule has 2 heterocycles. The van der Waals surface area contributed by atoms with Crippen LogP contribution in [-0.4, -0.2) is 55.5 Å². The van der Waals surface area contributed by atoms with Gasteiger partial charge in [-0.3, -0.25) is 4.90 Å². The summed E-state index contributed by atoms with van der Waals surface area (Å²) in [6.45, 7) is 6.69. The number of carbonyl (C=O) groups is 1. The van der Waals surface area contributed by atoms with E-state index in [1.165, 1.54) is 7.11 Å². The molecule has 8 heteroatoms. The second-order valence-electron chi connectivity index (χ2n) is 6.87. The number of hydrogen-bond donors (Lipinski definition) is 0. The number of ether oxygens (including phenoxy) is 1. The highest BCUT2D eigenvalue weighted by Gasteiger charge is 2.32. The fourth-order valence-corrected chi connectivity index (χ4v) is 5.09. The number of hydrogen-bond acceptors (Lipinski definition) is 7. The van der Waals surface area contributed by atoms with Gasteiger partial charge in [-0.2, -0.15) is 0 Å². The van der Waals surface area contributed by atoms with E-state index in [4.69, 9.17) is 9.15 Å². The second-order valence-corrected chi connectivity index (χ2v) is 9.09. The lowest BCUT2D eigenvalue weighted by molar-refractivity contribution is 0.0600. The molecule has 0 amide bonds. The molecule has 0 aliphatic carbocycles. The van der Waals surface area contributed by atoms with Crippen LogP contribution in [0.4, 0.5) is 0 Å². The Kier molecular flexibility index (Phi) is 6.00. The van der Waals surface area contributed by atoms with Crippen LogP contribution in [0.2, 0.25) is 0 Å². The van der Waals surface area contributed by atoms with Gasteiger partial charge in [0.2, 0.25) is 5.89 Å². The average Bonchev–Trinajstić information content (AvgIpc) is 3.23. The summed E-state index contributed by atoms with van der Waals surface area (Å²) in [6.07, 6.45) is 2.39. The minimum atomic E-state index is -2.97. The van der Waals surface area contributed by atoms with Crippen LogP contribution < -0.4 is 0 Å². The highest BCUT2D eigenvalue weighted by Crippen LogP contribution is 2.25. The molecule has 3 rings (SSSR count). The molecule has 1 aliphatic rings. The van der Waals surface area contributed by atoms with Crippen LogP contribution >= 0.6 is 0 Å². The summed E-state index contributed by atoms with van der Waals surface area (Å²) in [5.74, 6) is 1.13. The van der Waals surface area contributed by atoms with Crippen molar-refractivity contribution < 1.29 is 22.4 Å². The standard InChI is InChI=1S/C20H24N2O5S/c1-4-10-22(17-9-11-28(24,25)13-17)12-18-14(2)27-19(21-18)15-5-7-16(8-6-15)20(23)26-3/h4-8,17H,1,9-13H2,2-3H3. The molecule has 28 heavy (non-hydrogen) atoms. The van der Waals surface area contributed by atoms with Gasteiger partial charge in [-0.25, -0.2) is 18.2 Å². The van der Waals surface area contributed by atoms with E-state index >= 15 is 0 Å². The zero-order valence-electron chi connectivity index (χ0n) is 16.1. The van der Waals surface area contributed by atoms with E-state index in [9.17, 15) is 13.2 Å². The Hall–Kier alpha value is -2.45. The number of benzene rings is 1. The van der Waals surface area contributed by atoms with E-state index < -0.39 is 15.8 Å². The third kappa shape index (κ3) is 4.51. The van der Waals surface area contributed by atoms with Gasteiger partial charge in [0, 0.05) is 24.7 Å². The lowest BCUT2D eigenvalue weighted by atomic mass is 10.1. The number of carbonyl (C=O) groups excluding carboxylic acids is 1. The maximum atomic E-state index is 11.8. The second kappa shape index (κ2) is 8.28. The first kappa shape index (κ1) is 20.3. The molecular weight excluding hydrogens is 380 g/mol. The van der Waals surface area contributed by atoms with Gasteiger partial charge in [-0.15, -0.1) is 6.58 Å². The fourth-order valence-electron chi connectivity index (χ4n) is 3.33. The number of oxazole rings is 1. The lowest BCUT2D eigenvalue weighted by Crippen LogP contribution is -2.36. The molecule has 0 saturated carbocycles. The third-order valence-corrected chi connectivity index (χ3v) is 6.64. The van der Waals surface area contributed by atoms with E-state index in [1.807, 2.05) is 6.92 Å². The number of esters is 1. The number of sulfone groups is 1. The quantitative estimate of drug-likeness (QED) is 0.517. The average molecular weight is 404 g/mol. The fraction of sp³-hybridized carbons (Fsp3) is 0.400. The lowest BCUT2D eigenvalue weighted by Gasteiger charge is -2.25. The topological polar surface area (TPSA) is 89.7 Å². The van der Waals surface area contributed by atoms with Gasteiger partial charge in [0.1, 0.15) is 5.76 Å². The Morgan fingerprint density at radius 1 is 1.39 bits per heavy atom. The molecular formula is C20H24N2O5S. The SMILES string of the molecule is C=CCN(Cc1nc(-c2ccc(C(=O)OC)cc2)oc1C)C1CCS(=O)(=O)C1. The normalized spacial score (nSPS) is 18.3. The molecule has 1 atom stereocenters. The van der Waals surface area contributed by atoms with E-state index in [-0.39, 0.29) is 17.5 Å². The van der Waals surface area contributed by atoms with Crippen LogP contribution in [0.5, 0.6) is 0 Å². The smallest absolute Gasteiger partial charge is 0.337 e. The molecule has 1 unspecified atom stereocenters. The van der Waals surface area contributed by atoms with Crippen molar-refractivity contribution in [2.45, 2.75) is 25.9 Å². The summed E-state index contributed by atoms with van der Waals surface area (Å²) in [7, 11) is -1.63. The van der Waals surface area contributed by atoms with E-state index in [0.717, 1.165) is 11.3 Å². The minimum Gasteiger partial charge on any atom is -0.465 e. The summed E-state index contributed by atoms with van der Waals surface area (Å²) in [5, 5.41) is 0. The van der Waals surface area contributed by atoms with Gasteiger partial charge in [-0.05, 0) is 37.6 Å². The summed E-state index contributed by atoms with van der Waals surface area (Å²) in [6, 6.07) is 6.79. The van der Waals surface area contributed by atoms with Crippen molar-refractivity contribution in [3.05, 3.63) is 53.9 Å². The van der Waals surface area contributed by atoms with Crippen molar-refractivity contribution in [3.8, 4) is 11.5 Å². The predicted octanol–water partition coefficient (Wildman–Crippen LogP) is 2.61. The van der Waals surface area contributed by atoms with Crippen LogP contribution in [0, 0.1) is 6.92 Å². The number of aryl methyl sites for hydroxylation is 1. The van der Waals surface area contributed by atoms with E-state index in [2.05, 4.69) is 16.5 Å². The molecule has 1 aromatic carbocycles. The molecule has 0 N–H and O–H groups in total. The predicted molar refractivity (Wildman–Crippen MR) is 106 cm³/mol. The Bertz CT molecular complexity index is 963. The van der Waals surface area contributed by atoms with Crippen LogP contribution in [0.25, 0.3) is 11.5 Å². The molecule has 1 aliphatic heterocycles. The highest BCUT2D eigenvalue weighted by molar-refractivity contribution is 7.91. The van der Waals surface area contributed by atoms with Crippen LogP contribution in [-0.2, 0) is 21.1 Å². The van der Waals surface area contributed by atoms with Crippen molar-refractivity contribution in [2.75, 3.05) is 25.2 Å². The zero-order chi connectivity index (χ0) is 20.3. The maximum absolute atomic E-state index is 11.8. The number of rotatable bonds is 7. The first-order valence-electron chi connectivity index (χ1n) is 9.03. The molecule has 0 spiro atoms. The summed E-state index contributed by atoms with van der Waals surface area (Å²) >= 11 is 0. The largest absolute Gasteiger partial charge is 0.465 e. The Morgan fingerprint density at radius 3 is 2.68 bits per heavy atom. The third-order valence-electron chi connectivity index (χ3n) is 4.89. The number of methoxy groups -OCH3 is 1. The van der Waals surface area contributed by atoms with Gasteiger partial charge in [-0.1, -0.05) is 6.08 Å². The van der Waals surface area contributed by atoms with Gasteiger partial charge < -0.3 is 9.15 Å². The molecule has 2 aromatic rings. The van der Waals surface area contributed by atoms with Crippen molar-refractivity contribution >= 4 is 15.8 Å². The van der Waals surface area contributed by atoms with E-state index in [1.54, 1.807) is 30.3 Å². The summed E-state index contributed by atoms with van der Waals surface area (Å²) < 4.78 is 34.2. The Balaban J connectivity index is 1.79. The van der Waals surface area contributed by atoms with Crippen molar-refractivity contribution in [1.29, 1.82) is 0 Å². The first-order chi connectivity index (χ1) is 13.3. The van der Waals surface area contributed by atoms with Crippen LogP contribution in [0.3, 0.4) is 0 Å². The molecule has 1 aromatic heterocycles. The van der Waals surface area contributed by atoms with Crippen molar-refractivity contribution in [2.24, 2.45) is 0 Å². The molecule has 1 fully saturated rings. The summed E-state index contributed by atoms with van der Waals surface area (Å²) in [5.41, 5.74) is 1.97. The number of nitrogens with zero attached hydrogens (tertiary/aromatic N) is 2. The highest BCUT2D eigenvalue weighted by atomic mass is 32.2. The van der Waals surface area contributed by atoms with E-state index in [0.29, 0.717) is 36.7 Å². The Labute approximate surface area is 164 Å². The molecule has 1 saturated heterocycles. The molecule has 0 bridgehead atoms. The molecule has 150 valence electrons. The monoisotopic (exact) mass is 404 g/mol. The van der Waals surface area contributed by atoms with Gasteiger partial charge >= 0.3 is 5.97 Å². The van der Waals surface area contributed by atoms with Gasteiger partial charge in [0.15, 0.2) is 9.84 Å². The Morgan fingerprint density at radius 2 is 2.11 bits per heavy atom. The van der Waals surface area contributed by atoms with Crippen LogP contribution in [0.1, 0.15) is 28.2 Å². The first-order valence-corrected chi connectivity index (χ1v) is 10.9. The molecule has 7 nitrogen and oxygen atoms in total. The molecule has 0 radical (unpaired) electrons. The minimum absolute atomic E-state index is 0.0399.